The summed E-state index contributed by atoms with van der Waals surface area (Å²) in [7, 11) is 0. The molecule has 2 aromatic heterocycles. The van der Waals surface area contributed by atoms with E-state index >= 15 is 4.39 Å². The highest BCUT2D eigenvalue weighted by molar-refractivity contribution is 7.18. The van der Waals surface area contributed by atoms with E-state index in [-0.39, 0.29) is 23.4 Å². The van der Waals surface area contributed by atoms with Gasteiger partial charge in [0.15, 0.2) is 11.6 Å². The fourth-order valence-electron chi connectivity index (χ4n) is 4.65. The summed E-state index contributed by atoms with van der Waals surface area (Å²) >= 11 is 14.3. The maximum Gasteiger partial charge on any atom is 0.410 e. The Kier molecular flexibility index (Phi) is 8.89. The highest BCUT2D eigenvalue weighted by Gasteiger charge is 2.48. The number of hydrogen-bond donors (Lipinski definition) is 1. The molecule has 13 heteroatoms. The maximum absolute atomic E-state index is 15.1. The van der Waals surface area contributed by atoms with E-state index < -0.39 is 29.8 Å². The zero-order valence-electron chi connectivity index (χ0n) is 22.7. The molecule has 0 bridgehead atoms. The molecule has 1 aliphatic rings. The van der Waals surface area contributed by atoms with Gasteiger partial charge in [-0.2, -0.15) is 0 Å². The molecule has 1 amide bonds. The van der Waals surface area contributed by atoms with Crippen molar-refractivity contribution in [2.45, 2.75) is 58.5 Å². The number of carbonyl (C=O) groups is 1. The highest BCUT2D eigenvalue weighted by atomic mass is 35.5. The van der Waals surface area contributed by atoms with Crippen molar-refractivity contribution < 1.29 is 23.8 Å². The summed E-state index contributed by atoms with van der Waals surface area (Å²) in [5.41, 5.74) is -0.0297. The van der Waals surface area contributed by atoms with Gasteiger partial charge < -0.3 is 19.5 Å². The van der Waals surface area contributed by atoms with Crippen LogP contribution in [0.1, 0.15) is 34.6 Å². The first-order valence-electron chi connectivity index (χ1n) is 12.5. The van der Waals surface area contributed by atoms with E-state index in [9.17, 15) is 9.90 Å². The monoisotopic (exact) mass is 609 g/mol. The zero-order chi connectivity index (χ0) is 29.4. The number of hydrogen-bond acceptors (Lipinski definition) is 8. The van der Waals surface area contributed by atoms with Crippen LogP contribution >= 0.6 is 34.5 Å². The second-order valence-corrected chi connectivity index (χ2v) is 11.8. The predicted molar refractivity (Wildman–Crippen MR) is 155 cm³/mol. The number of rotatable bonds is 9. The van der Waals surface area contributed by atoms with E-state index in [1.54, 1.807) is 39.1 Å². The lowest BCUT2D eigenvalue weighted by Gasteiger charge is -2.30. The van der Waals surface area contributed by atoms with Gasteiger partial charge in [-0.3, -0.25) is 4.90 Å². The van der Waals surface area contributed by atoms with Gasteiger partial charge in [-0.25, -0.2) is 14.2 Å². The van der Waals surface area contributed by atoms with Gasteiger partial charge >= 0.3 is 6.09 Å². The van der Waals surface area contributed by atoms with Gasteiger partial charge in [0.1, 0.15) is 28.2 Å². The molecule has 0 saturated carbocycles. The minimum Gasteiger partial charge on any atom is -0.488 e. The van der Waals surface area contributed by atoms with Crippen molar-refractivity contribution in [3.8, 4) is 26.9 Å². The molecule has 3 heterocycles. The zero-order valence-corrected chi connectivity index (χ0v) is 25.0. The van der Waals surface area contributed by atoms with Crippen LogP contribution in [0.3, 0.4) is 0 Å². The fraction of sp³-hybridized carbons (Fsp3) is 0.407. The summed E-state index contributed by atoms with van der Waals surface area (Å²) in [4.78, 5) is 19.5. The molecule has 1 N–H and O–H groups in total. The molecule has 3 aromatic rings. The number of amides is 1. The predicted octanol–water partition coefficient (Wildman–Crippen LogP) is 7.00. The molecule has 1 aromatic carbocycles. The van der Waals surface area contributed by atoms with Gasteiger partial charge in [-0.15, -0.1) is 16.8 Å². The van der Waals surface area contributed by atoms with E-state index in [0.29, 0.717) is 38.5 Å². The Bertz CT molecular complexity index is 1420. The summed E-state index contributed by atoms with van der Waals surface area (Å²) in [5, 5.41) is 19.7. The molecule has 1 saturated heterocycles. The number of pyridine rings is 1. The fourth-order valence-corrected chi connectivity index (χ4v) is 6.08. The van der Waals surface area contributed by atoms with Crippen molar-refractivity contribution in [1.82, 2.24) is 20.1 Å². The van der Waals surface area contributed by atoms with Gasteiger partial charge in [0.2, 0.25) is 0 Å². The first-order chi connectivity index (χ1) is 18.8. The number of nitrogens with zero attached hydrogens (tertiary/aromatic N) is 5. The smallest absolute Gasteiger partial charge is 0.410 e. The molecular formula is C27H30Cl2FN5O4S. The van der Waals surface area contributed by atoms with Crippen molar-refractivity contribution in [3.05, 3.63) is 52.9 Å². The lowest BCUT2D eigenvalue weighted by Crippen LogP contribution is -2.49. The van der Waals surface area contributed by atoms with E-state index in [0.717, 1.165) is 0 Å². The first-order valence-corrected chi connectivity index (χ1v) is 14.1. The van der Waals surface area contributed by atoms with Crippen LogP contribution in [-0.2, 0) is 4.74 Å². The maximum atomic E-state index is 15.1. The molecule has 2 atom stereocenters. The standard InChI is InChI=1S/C27H30Cl2FN5O4S/c1-7-8-34(14(2)3)23-19(29)9-16(12-31-23)24-32-33-25(40-24)17-10-20(30)22(11-18(17)28)38-13-21-15(4)39-27(5,6)35(21)26(36)37/h7,9-12,14-15,21H,1,8,13H2,2-6H3,(H,36,37). The minimum atomic E-state index is -1.15. The van der Waals surface area contributed by atoms with Crippen molar-refractivity contribution in [1.29, 1.82) is 0 Å². The van der Waals surface area contributed by atoms with Crippen molar-refractivity contribution in [2.24, 2.45) is 0 Å². The Morgan fingerprint density at radius 3 is 2.62 bits per heavy atom. The van der Waals surface area contributed by atoms with Crippen molar-refractivity contribution >= 4 is 46.4 Å². The molecule has 9 nitrogen and oxygen atoms in total. The third-order valence-corrected chi connectivity index (χ3v) is 8.11. The summed E-state index contributed by atoms with van der Waals surface area (Å²) in [5.74, 6) is -0.144. The Balaban J connectivity index is 1.53. The van der Waals surface area contributed by atoms with Gasteiger partial charge in [0.25, 0.3) is 0 Å². The number of aromatic nitrogens is 3. The third kappa shape index (κ3) is 6.02. The van der Waals surface area contributed by atoms with Crippen LogP contribution in [0.2, 0.25) is 10.0 Å². The lowest BCUT2D eigenvalue weighted by molar-refractivity contribution is -0.0621. The normalized spacial score (nSPS) is 18.3. The number of halogens is 3. The number of ether oxygens (including phenoxy) is 2. The largest absolute Gasteiger partial charge is 0.488 e. The van der Waals surface area contributed by atoms with Crippen LogP contribution < -0.4 is 9.64 Å². The highest BCUT2D eigenvalue weighted by Crippen LogP contribution is 2.39. The molecule has 214 valence electrons. The van der Waals surface area contributed by atoms with Gasteiger partial charge in [0, 0.05) is 36.0 Å². The van der Waals surface area contributed by atoms with Crippen molar-refractivity contribution in [2.75, 3.05) is 18.1 Å². The lowest BCUT2D eigenvalue weighted by atomic mass is 10.1. The van der Waals surface area contributed by atoms with E-state index in [1.807, 2.05) is 18.7 Å². The third-order valence-electron chi connectivity index (χ3n) is 6.51. The summed E-state index contributed by atoms with van der Waals surface area (Å²) in [6.45, 7) is 13.4. The Hall–Kier alpha value is -2.99. The summed E-state index contributed by atoms with van der Waals surface area (Å²) < 4.78 is 26.5. The van der Waals surface area contributed by atoms with E-state index in [4.69, 9.17) is 32.7 Å². The number of benzene rings is 1. The summed E-state index contributed by atoms with van der Waals surface area (Å²) in [6.07, 6.45) is 1.86. The van der Waals surface area contributed by atoms with Crippen LogP contribution in [0.25, 0.3) is 21.1 Å². The van der Waals surface area contributed by atoms with Crippen LogP contribution in [0, 0.1) is 5.82 Å². The van der Waals surface area contributed by atoms with Crippen molar-refractivity contribution in [3.63, 3.8) is 0 Å². The quantitative estimate of drug-likeness (QED) is 0.259. The van der Waals surface area contributed by atoms with E-state index in [2.05, 4.69) is 21.8 Å². The molecular weight excluding hydrogens is 580 g/mol. The molecule has 0 spiro atoms. The number of anilines is 1. The Morgan fingerprint density at radius 2 is 2.00 bits per heavy atom. The molecule has 2 unspecified atom stereocenters. The molecule has 1 fully saturated rings. The second-order valence-electron chi connectivity index (χ2n) is 10.0. The second kappa shape index (κ2) is 11.9. The minimum absolute atomic E-state index is 0.110. The Labute approximate surface area is 246 Å². The van der Waals surface area contributed by atoms with Crippen LogP contribution in [-0.4, -0.2) is 68.3 Å². The van der Waals surface area contributed by atoms with Crippen LogP contribution in [0.4, 0.5) is 15.0 Å². The number of carboxylic acid groups (broad SMARTS) is 1. The molecule has 0 radical (unpaired) electrons. The average Bonchev–Trinajstić information content (AvgIpc) is 3.44. The SMILES string of the molecule is C=CCN(c1ncc(-c2nnc(-c3cc(F)c(OCC4C(C)OC(C)(C)N4C(=O)O)cc3Cl)s2)cc1Cl)C(C)C. The van der Waals surface area contributed by atoms with Crippen LogP contribution in [0.5, 0.6) is 5.75 Å². The molecule has 0 aliphatic carbocycles. The van der Waals surface area contributed by atoms with E-state index in [1.165, 1.54) is 28.4 Å². The average molecular weight is 611 g/mol. The molecule has 1 aliphatic heterocycles. The molecule has 40 heavy (non-hydrogen) atoms. The van der Waals surface area contributed by atoms with Gasteiger partial charge in [0.05, 0.1) is 22.2 Å². The van der Waals surface area contributed by atoms with Crippen LogP contribution in [0.15, 0.2) is 37.1 Å². The topological polar surface area (TPSA) is 101 Å². The Morgan fingerprint density at radius 1 is 1.30 bits per heavy atom. The van der Waals surface area contributed by atoms with Gasteiger partial charge in [-0.05, 0) is 46.8 Å². The molecule has 4 rings (SSSR count). The first kappa shape index (κ1) is 30.0. The van der Waals surface area contributed by atoms with Gasteiger partial charge in [-0.1, -0.05) is 40.6 Å². The summed E-state index contributed by atoms with van der Waals surface area (Å²) in [6, 6.07) is 3.87.